The highest BCUT2D eigenvalue weighted by atomic mass is 79.9. The highest BCUT2D eigenvalue weighted by molar-refractivity contribution is 9.10. The van der Waals surface area contributed by atoms with E-state index in [1.807, 2.05) is 32.0 Å². The molecule has 0 aliphatic rings. The van der Waals surface area contributed by atoms with E-state index in [0.717, 1.165) is 28.6 Å². The Balaban J connectivity index is 2.71. The normalized spacial score (nSPS) is 14.5. The summed E-state index contributed by atoms with van der Waals surface area (Å²) < 4.78 is 6.02. The van der Waals surface area contributed by atoms with Crippen LogP contribution < -0.4 is 4.74 Å². The van der Waals surface area contributed by atoms with Gasteiger partial charge in [-0.1, -0.05) is 32.8 Å². The predicted molar refractivity (Wildman–Crippen MR) is 80.5 cm³/mol. The number of hydrogen-bond donors (Lipinski definition) is 2. The van der Waals surface area contributed by atoms with Gasteiger partial charge in [-0.15, -0.1) is 0 Å². The van der Waals surface area contributed by atoms with Gasteiger partial charge >= 0.3 is 0 Å². The molecule has 0 saturated carbocycles. The predicted octanol–water partition coefficient (Wildman–Crippen LogP) is 3.16. The summed E-state index contributed by atoms with van der Waals surface area (Å²) in [5.74, 6) is 0.912. The van der Waals surface area contributed by atoms with Crippen molar-refractivity contribution in [3.63, 3.8) is 0 Å². The van der Waals surface area contributed by atoms with Crippen LogP contribution >= 0.6 is 15.9 Å². The van der Waals surface area contributed by atoms with Crippen molar-refractivity contribution in [2.24, 2.45) is 5.92 Å². The zero-order valence-electron chi connectivity index (χ0n) is 11.8. The number of methoxy groups -OCH3 is 1. The lowest BCUT2D eigenvalue weighted by Crippen LogP contribution is -2.34. The van der Waals surface area contributed by atoms with Crippen molar-refractivity contribution in [2.75, 3.05) is 7.11 Å². The Morgan fingerprint density at radius 2 is 1.84 bits per heavy atom. The summed E-state index contributed by atoms with van der Waals surface area (Å²) in [6.45, 7) is 4.07. The zero-order valence-corrected chi connectivity index (χ0v) is 13.4. The number of ether oxygens (including phenoxy) is 1. The van der Waals surface area contributed by atoms with Crippen LogP contribution in [-0.4, -0.2) is 29.5 Å². The van der Waals surface area contributed by atoms with Gasteiger partial charge in [0.1, 0.15) is 5.75 Å². The fourth-order valence-corrected chi connectivity index (χ4v) is 2.87. The Hall–Kier alpha value is -0.580. The first kappa shape index (κ1) is 16.5. The van der Waals surface area contributed by atoms with Crippen molar-refractivity contribution in [3.05, 3.63) is 28.2 Å². The van der Waals surface area contributed by atoms with E-state index < -0.39 is 12.2 Å². The largest absolute Gasteiger partial charge is 0.496 e. The topological polar surface area (TPSA) is 49.7 Å². The van der Waals surface area contributed by atoms with Crippen molar-refractivity contribution < 1.29 is 14.9 Å². The summed E-state index contributed by atoms with van der Waals surface area (Å²) in [6.07, 6.45) is 0.795. The van der Waals surface area contributed by atoms with Gasteiger partial charge < -0.3 is 14.9 Å². The number of aliphatic hydroxyl groups is 2. The van der Waals surface area contributed by atoms with Crippen LogP contribution in [0.25, 0.3) is 0 Å². The van der Waals surface area contributed by atoms with Crippen LogP contribution in [0, 0.1) is 5.92 Å². The van der Waals surface area contributed by atoms with Crippen molar-refractivity contribution in [3.8, 4) is 5.75 Å². The van der Waals surface area contributed by atoms with E-state index in [2.05, 4.69) is 15.9 Å². The van der Waals surface area contributed by atoms with Crippen LogP contribution in [0.3, 0.4) is 0 Å². The molecule has 1 aromatic rings. The molecule has 19 heavy (non-hydrogen) atoms. The van der Waals surface area contributed by atoms with Gasteiger partial charge in [-0.3, -0.25) is 0 Å². The molecule has 0 aliphatic carbocycles. The average Bonchev–Trinajstić information content (AvgIpc) is 2.40. The molecule has 0 bridgehead atoms. The highest BCUT2D eigenvalue weighted by Gasteiger charge is 2.24. The standard InChI is InChI=1S/C15H23BrO3/c1-4-11(5-2)15(18)13(17)9-10-6-7-14(19-3)12(16)8-10/h6-8,11,13,15,17-18H,4-5,9H2,1-3H3. The maximum Gasteiger partial charge on any atom is 0.133 e. The maximum atomic E-state index is 10.1. The molecule has 0 aliphatic heterocycles. The quantitative estimate of drug-likeness (QED) is 0.807. The second-order valence-electron chi connectivity index (χ2n) is 4.81. The summed E-state index contributed by atoms with van der Waals surface area (Å²) in [5, 5.41) is 20.2. The van der Waals surface area contributed by atoms with Gasteiger partial charge in [-0.2, -0.15) is 0 Å². The fourth-order valence-electron chi connectivity index (χ4n) is 2.28. The van der Waals surface area contributed by atoms with Crippen molar-refractivity contribution >= 4 is 15.9 Å². The van der Waals surface area contributed by atoms with E-state index in [-0.39, 0.29) is 5.92 Å². The Morgan fingerprint density at radius 1 is 1.21 bits per heavy atom. The van der Waals surface area contributed by atoms with Crippen LogP contribution in [0.4, 0.5) is 0 Å². The van der Waals surface area contributed by atoms with Gasteiger partial charge in [-0.25, -0.2) is 0 Å². The molecule has 108 valence electrons. The van der Waals surface area contributed by atoms with Crippen LogP contribution in [0.5, 0.6) is 5.75 Å². The van der Waals surface area contributed by atoms with E-state index in [4.69, 9.17) is 4.74 Å². The Bertz CT molecular complexity index is 391. The molecule has 0 fully saturated rings. The summed E-state index contributed by atoms with van der Waals surface area (Å²) in [7, 11) is 1.62. The van der Waals surface area contributed by atoms with Crippen LogP contribution in [0.1, 0.15) is 32.3 Å². The van der Waals surface area contributed by atoms with Crippen molar-refractivity contribution in [1.29, 1.82) is 0 Å². The van der Waals surface area contributed by atoms with E-state index in [1.165, 1.54) is 0 Å². The molecular weight excluding hydrogens is 308 g/mol. The first-order chi connectivity index (χ1) is 9.03. The van der Waals surface area contributed by atoms with E-state index in [1.54, 1.807) is 7.11 Å². The van der Waals surface area contributed by atoms with Gasteiger partial charge in [0, 0.05) is 6.42 Å². The van der Waals surface area contributed by atoms with Gasteiger partial charge in [0.15, 0.2) is 0 Å². The Labute approximate surface area is 123 Å². The van der Waals surface area contributed by atoms with E-state index >= 15 is 0 Å². The van der Waals surface area contributed by atoms with Gasteiger partial charge in [0.25, 0.3) is 0 Å². The number of aliphatic hydroxyl groups excluding tert-OH is 2. The van der Waals surface area contributed by atoms with Crippen molar-refractivity contribution in [1.82, 2.24) is 0 Å². The maximum absolute atomic E-state index is 10.1. The number of rotatable bonds is 7. The molecule has 1 aromatic carbocycles. The SMILES string of the molecule is CCC(CC)C(O)C(O)Cc1ccc(OC)c(Br)c1. The van der Waals surface area contributed by atoms with E-state index in [9.17, 15) is 10.2 Å². The Kier molecular flexibility index (Phi) is 6.83. The molecule has 2 unspecified atom stereocenters. The monoisotopic (exact) mass is 330 g/mol. The van der Waals surface area contributed by atoms with Crippen molar-refractivity contribution in [2.45, 2.75) is 45.3 Å². The minimum absolute atomic E-state index is 0.150. The first-order valence-corrected chi connectivity index (χ1v) is 7.51. The first-order valence-electron chi connectivity index (χ1n) is 6.71. The molecule has 2 N–H and O–H groups in total. The summed E-state index contributed by atoms with van der Waals surface area (Å²) >= 11 is 3.42. The third kappa shape index (κ3) is 4.48. The van der Waals surface area contributed by atoms with Crippen LogP contribution in [0.15, 0.2) is 22.7 Å². The van der Waals surface area contributed by atoms with E-state index in [0.29, 0.717) is 6.42 Å². The van der Waals surface area contributed by atoms with Gasteiger partial charge in [0.05, 0.1) is 23.8 Å². The summed E-state index contributed by atoms with van der Waals surface area (Å²) in [6, 6.07) is 5.68. The molecule has 4 heteroatoms. The molecule has 0 amide bonds. The van der Waals surface area contributed by atoms with Crippen LogP contribution in [0.2, 0.25) is 0 Å². The van der Waals surface area contributed by atoms with Gasteiger partial charge in [-0.05, 0) is 39.5 Å². The molecular formula is C15H23BrO3. The molecule has 0 aromatic heterocycles. The summed E-state index contributed by atoms with van der Waals surface area (Å²) in [4.78, 5) is 0. The van der Waals surface area contributed by atoms with Gasteiger partial charge in [0.2, 0.25) is 0 Å². The minimum Gasteiger partial charge on any atom is -0.496 e. The number of benzene rings is 1. The third-order valence-electron chi connectivity index (χ3n) is 3.59. The second-order valence-corrected chi connectivity index (χ2v) is 5.66. The number of halogens is 1. The molecule has 0 spiro atoms. The molecule has 0 heterocycles. The third-order valence-corrected chi connectivity index (χ3v) is 4.21. The average molecular weight is 331 g/mol. The smallest absolute Gasteiger partial charge is 0.133 e. The molecule has 2 atom stereocenters. The molecule has 0 radical (unpaired) electrons. The lowest BCUT2D eigenvalue weighted by molar-refractivity contribution is -0.0187. The zero-order chi connectivity index (χ0) is 14.4. The lowest BCUT2D eigenvalue weighted by Gasteiger charge is -2.25. The fraction of sp³-hybridized carbons (Fsp3) is 0.600. The number of hydrogen-bond acceptors (Lipinski definition) is 3. The summed E-state index contributed by atoms with van der Waals surface area (Å²) in [5.41, 5.74) is 0.977. The second kappa shape index (κ2) is 7.88. The lowest BCUT2D eigenvalue weighted by atomic mass is 9.90. The van der Waals surface area contributed by atoms with Crippen LogP contribution in [-0.2, 0) is 6.42 Å². The highest BCUT2D eigenvalue weighted by Crippen LogP contribution is 2.27. The molecule has 3 nitrogen and oxygen atoms in total. The Morgan fingerprint density at radius 3 is 2.32 bits per heavy atom. The molecule has 0 saturated heterocycles. The molecule has 1 rings (SSSR count). The minimum atomic E-state index is -0.731.